The van der Waals surface area contributed by atoms with Crippen LogP contribution in [0.2, 0.25) is 39.3 Å². The third-order valence-electron chi connectivity index (χ3n) is 13.1. The second kappa shape index (κ2) is 23.1. The first-order valence-electron chi connectivity index (χ1n) is 26.1. The number of aliphatic hydroxyl groups excluding tert-OH is 1. The number of ketones is 1. The van der Waals surface area contributed by atoms with Crippen molar-refractivity contribution in [2.45, 2.75) is 166 Å². The van der Waals surface area contributed by atoms with E-state index in [-0.39, 0.29) is 78.2 Å². The molecule has 67 heavy (non-hydrogen) atoms. The summed E-state index contributed by atoms with van der Waals surface area (Å²) in [5.74, 6) is 0.366. The number of nitrogens with zero attached hydrogens (tertiary/aromatic N) is 2. The van der Waals surface area contributed by atoms with Crippen molar-refractivity contribution in [1.82, 2.24) is 9.97 Å². The average Bonchev–Trinajstić information content (AvgIpc) is 3.27. The SMILES string of the molecule is CCC(CC)C(=O)/C=C(\O)C(C)(CC)CC.[2H]c1nc(-c2[c-]c(C)cc(C(C)(C)C)c2)c2ccc([Si](C)(C)C)cc2c1[2H].[2H]c1nc(-c2[c-]c(C)cc(C(C)(C)C)c2)c2ccc([Si](C)(C)C)cc2c1[2H].[Ir]. The van der Waals surface area contributed by atoms with Crippen molar-refractivity contribution >= 4 is 53.8 Å². The molecule has 1 radical (unpaired) electrons. The van der Waals surface area contributed by atoms with Crippen LogP contribution < -0.4 is 10.4 Å². The quantitative estimate of drug-likeness (QED) is 0.0608. The molecule has 2 heterocycles. The van der Waals surface area contributed by atoms with E-state index in [1.165, 1.54) is 27.6 Å². The molecule has 4 nitrogen and oxygen atoms in total. The smallest absolute Gasteiger partial charge is 0.162 e. The fourth-order valence-electron chi connectivity index (χ4n) is 7.74. The van der Waals surface area contributed by atoms with Crippen LogP contribution >= 0.6 is 0 Å². The number of carbonyl (C=O) groups is 1. The minimum Gasteiger partial charge on any atom is -0.512 e. The number of aliphatic hydroxyl groups is 1. The Morgan fingerprint density at radius 2 is 1.03 bits per heavy atom. The summed E-state index contributed by atoms with van der Waals surface area (Å²) in [4.78, 5) is 20.8. The van der Waals surface area contributed by atoms with Crippen LogP contribution in [0.5, 0.6) is 0 Å². The molecule has 0 aliphatic carbocycles. The summed E-state index contributed by atoms with van der Waals surface area (Å²) in [5, 5.41) is 16.1. The molecule has 0 saturated carbocycles. The number of aryl methyl sites for hydroxylation is 2. The van der Waals surface area contributed by atoms with Gasteiger partial charge in [0.1, 0.15) is 5.76 Å². The van der Waals surface area contributed by atoms with E-state index in [9.17, 15) is 9.90 Å². The van der Waals surface area contributed by atoms with E-state index in [1.54, 1.807) is 0 Å². The minimum atomic E-state index is -1.50. The Bertz CT molecular complexity index is 2710. The summed E-state index contributed by atoms with van der Waals surface area (Å²) in [6.07, 6.45) is 4.88. The topological polar surface area (TPSA) is 63.1 Å². The number of carbonyl (C=O) groups excluding carboxylic acids is 1. The van der Waals surface area contributed by atoms with Crippen molar-refractivity contribution in [1.29, 1.82) is 0 Å². The molecule has 1 N–H and O–H groups in total. The minimum absolute atomic E-state index is 0. The Morgan fingerprint density at radius 3 is 1.34 bits per heavy atom. The monoisotopic (exact) mass is 1120 g/mol. The second-order valence-corrected chi connectivity index (χ2v) is 32.7. The molecule has 363 valence electrons. The van der Waals surface area contributed by atoms with Crippen LogP contribution in [0.15, 0.2) is 96.9 Å². The van der Waals surface area contributed by atoms with E-state index < -0.39 is 16.1 Å². The van der Waals surface area contributed by atoms with E-state index >= 15 is 0 Å². The van der Waals surface area contributed by atoms with Crippen LogP contribution in [0, 0.1) is 37.3 Å². The van der Waals surface area contributed by atoms with Gasteiger partial charge in [0.15, 0.2) is 5.78 Å². The predicted molar refractivity (Wildman–Crippen MR) is 293 cm³/mol. The molecule has 0 aliphatic rings. The van der Waals surface area contributed by atoms with Gasteiger partial charge in [-0.05, 0) is 81.5 Å². The van der Waals surface area contributed by atoms with E-state index in [0.717, 1.165) is 80.9 Å². The van der Waals surface area contributed by atoms with Crippen molar-refractivity contribution in [2.75, 3.05) is 0 Å². The van der Waals surface area contributed by atoms with Crippen molar-refractivity contribution in [2.24, 2.45) is 11.3 Å². The average molecular weight is 1120 g/mol. The number of fused-ring (bicyclic) bond motifs is 2. The molecular weight excluding hydrogens is 1030 g/mol. The van der Waals surface area contributed by atoms with Gasteiger partial charge >= 0.3 is 0 Å². The summed E-state index contributed by atoms with van der Waals surface area (Å²) in [6.45, 7) is 41.1. The van der Waals surface area contributed by atoms with Crippen LogP contribution in [-0.4, -0.2) is 37.0 Å². The van der Waals surface area contributed by atoms with Gasteiger partial charge in [-0.2, -0.15) is 0 Å². The fourth-order valence-corrected chi connectivity index (χ4v) is 10.1. The zero-order valence-electron chi connectivity index (χ0n) is 48.3. The molecule has 0 amide bonds. The van der Waals surface area contributed by atoms with Crippen LogP contribution in [0.3, 0.4) is 0 Å². The first kappa shape index (κ1) is 50.9. The van der Waals surface area contributed by atoms with Gasteiger partial charge in [0.05, 0.1) is 21.6 Å². The maximum Gasteiger partial charge on any atom is 0.162 e. The maximum absolute atomic E-state index is 11.9. The number of rotatable bonds is 11. The molecule has 0 saturated heterocycles. The molecule has 7 heteroatoms. The first-order chi connectivity index (χ1) is 32.2. The van der Waals surface area contributed by atoms with E-state index in [1.807, 2.05) is 48.5 Å². The van der Waals surface area contributed by atoms with Gasteiger partial charge in [-0.15, -0.1) is 69.8 Å². The Balaban J connectivity index is 0.000000290. The number of hydrogen-bond donors (Lipinski definition) is 1. The van der Waals surface area contributed by atoms with Gasteiger partial charge in [-0.3, -0.25) is 4.79 Å². The van der Waals surface area contributed by atoms with Crippen molar-refractivity contribution in [3.63, 3.8) is 0 Å². The third kappa shape index (κ3) is 15.0. The Hall–Kier alpha value is -4.01. The van der Waals surface area contributed by atoms with Crippen molar-refractivity contribution in [3.05, 3.63) is 131 Å². The number of pyridine rings is 2. The molecule has 0 unspecified atom stereocenters. The summed E-state index contributed by atoms with van der Waals surface area (Å²) >= 11 is 0. The van der Waals surface area contributed by atoms with Gasteiger partial charge in [-0.25, -0.2) is 0 Å². The summed E-state index contributed by atoms with van der Waals surface area (Å²) in [5.41, 5.74) is 7.68. The molecule has 0 bridgehead atoms. The standard InChI is InChI=1S/2C23H28NSi.C14H26O2.Ir/c2*1-16-12-18(14-19(13-16)23(2,3)4)22-21-9-8-20(25(5,6)7)15-17(21)10-11-24-22;1-6-11(7-2)12(15)10-13(16)14(5,8-3)9-4;/h2*8-11,13-15H,1-7H3;10-11,16H,6-9H2,1-5H3;/q2*-1;;/b;;13-10-;/i2*10D,11D;;. The third-order valence-corrected chi connectivity index (χ3v) is 17.2. The summed E-state index contributed by atoms with van der Waals surface area (Å²) in [7, 11) is -3.01. The molecule has 6 rings (SSSR count). The molecule has 6 aromatic rings. The molecule has 2 aromatic heterocycles. The van der Waals surface area contributed by atoms with E-state index in [2.05, 4.69) is 164 Å². The molecule has 0 atom stereocenters. The number of hydrogen-bond acceptors (Lipinski definition) is 4. The number of allylic oxidation sites excluding steroid dienone is 2. The first-order valence-corrected chi connectivity index (χ1v) is 31.1. The summed E-state index contributed by atoms with van der Waals surface area (Å²) in [6, 6.07) is 28.5. The van der Waals surface area contributed by atoms with Gasteiger partial charge < -0.3 is 15.1 Å². The van der Waals surface area contributed by atoms with Crippen LogP contribution in [-0.2, 0) is 35.7 Å². The predicted octanol–water partition coefficient (Wildman–Crippen LogP) is 16.0. The van der Waals surface area contributed by atoms with Crippen LogP contribution in [0.4, 0.5) is 0 Å². The molecular formula is C60H82IrN2O2Si2-2. The maximum atomic E-state index is 11.9. The molecule has 0 aliphatic heterocycles. The molecule has 0 spiro atoms. The van der Waals surface area contributed by atoms with E-state index in [0.29, 0.717) is 0 Å². The van der Waals surface area contributed by atoms with Crippen LogP contribution in [0.1, 0.15) is 130 Å². The van der Waals surface area contributed by atoms with Crippen molar-refractivity contribution < 1.29 is 35.5 Å². The fraction of sp³-hybridized carbons (Fsp3) is 0.450. The molecule has 4 aromatic carbocycles. The Kier molecular flexibility index (Phi) is 17.5. The summed E-state index contributed by atoms with van der Waals surface area (Å²) < 4.78 is 33.3. The van der Waals surface area contributed by atoms with E-state index in [4.69, 9.17) is 5.48 Å². The van der Waals surface area contributed by atoms with Crippen LogP contribution in [0.25, 0.3) is 44.1 Å². The Morgan fingerprint density at radius 1 is 0.657 bits per heavy atom. The van der Waals surface area contributed by atoms with Gasteiger partial charge in [-0.1, -0.05) is 176 Å². The van der Waals surface area contributed by atoms with Crippen molar-refractivity contribution in [3.8, 4) is 22.5 Å². The second-order valence-electron chi connectivity index (χ2n) is 22.6. The number of aromatic nitrogens is 2. The zero-order valence-corrected chi connectivity index (χ0v) is 48.7. The number of benzene rings is 4. The zero-order chi connectivity index (χ0) is 53.1. The Labute approximate surface area is 427 Å². The molecule has 0 fully saturated rings. The normalized spacial score (nSPS) is 13.4. The largest absolute Gasteiger partial charge is 0.512 e. The van der Waals surface area contributed by atoms with Gasteiger partial charge in [0.2, 0.25) is 0 Å². The van der Waals surface area contributed by atoms with Gasteiger partial charge in [0, 0.05) is 49.9 Å². The van der Waals surface area contributed by atoms with Gasteiger partial charge in [0.25, 0.3) is 0 Å².